The predicted octanol–water partition coefficient (Wildman–Crippen LogP) is 4.20. The van der Waals surface area contributed by atoms with Gasteiger partial charge in [-0.3, -0.25) is 4.79 Å². The van der Waals surface area contributed by atoms with Gasteiger partial charge in [0.15, 0.2) is 6.61 Å². The summed E-state index contributed by atoms with van der Waals surface area (Å²) in [5.41, 5.74) is 7.14. The molecule has 0 aliphatic carbocycles. The predicted molar refractivity (Wildman–Crippen MR) is 127 cm³/mol. The van der Waals surface area contributed by atoms with Crippen LogP contribution < -0.4 is 21.1 Å². The summed E-state index contributed by atoms with van der Waals surface area (Å²) in [6, 6.07) is 9.75. The Bertz CT molecular complexity index is 1170. The Morgan fingerprint density at radius 2 is 1.89 bits per heavy atom. The van der Waals surface area contributed by atoms with Crippen LogP contribution in [0.4, 0.5) is 24.8 Å². The van der Waals surface area contributed by atoms with Crippen LogP contribution in [0.3, 0.4) is 0 Å². The first kappa shape index (κ1) is 25.7. The fraction of sp³-hybridized carbons (Fsp3) is 0.333. The Kier molecular flexibility index (Phi) is 7.78. The second-order valence-electron chi connectivity index (χ2n) is 8.22. The van der Waals surface area contributed by atoms with Crippen molar-refractivity contribution in [2.45, 2.75) is 31.9 Å². The molecule has 4 N–H and O–H groups in total. The fourth-order valence-electron chi connectivity index (χ4n) is 3.45. The molecule has 8 nitrogen and oxygen atoms in total. The summed E-state index contributed by atoms with van der Waals surface area (Å²) >= 11 is 0. The number of carbonyl (C=O) groups excluding carboxylic acids is 1. The van der Waals surface area contributed by atoms with Gasteiger partial charge in [0, 0.05) is 48.0 Å². The van der Waals surface area contributed by atoms with E-state index in [4.69, 9.17) is 10.5 Å². The van der Waals surface area contributed by atoms with Crippen LogP contribution in [-0.4, -0.2) is 47.2 Å². The summed E-state index contributed by atoms with van der Waals surface area (Å²) in [4.78, 5) is 24.6. The van der Waals surface area contributed by atoms with Gasteiger partial charge in [-0.1, -0.05) is 19.9 Å². The average Bonchev–Trinajstić information content (AvgIpc) is 2.85. The third kappa shape index (κ3) is 6.58. The van der Waals surface area contributed by atoms with E-state index >= 15 is 0 Å². The summed E-state index contributed by atoms with van der Waals surface area (Å²) in [6.07, 6.45) is -0.930. The van der Waals surface area contributed by atoms with E-state index in [0.717, 1.165) is 5.56 Å². The Morgan fingerprint density at radius 1 is 1.11 bits per heavy atom. The number of ether oxygens (including phenoxy) is 1. The van der Waals surface area contributed by atoms with E-state index in [1.165, 1.54) is 19.4 Å². The number of aromatic nitrogens is 3. The zero-order valence-electron chi connectivity index (χ0n) is 19.6. The Hall–Kier alpha value is -3.89. The number of anilines is 2. The lowest BCUT2D eigenvalue weighted by Gasteiger charge is -2.31. The lowest BCUT2D eigenvalue weighted by molar-refractivity contribution is -0.153. The van der Waals surface area contributed by atoms with Gasteiger partial charge < -0.3 is 21.1 Å². The number of amides is 1. The number of pyridine rings is 1. The average molecular weight is 489 g/mol. The van der Waals surface area contributed by atoms with Crippen molar-refractivity contribution in [1.82, 2.24) is 20.3 Å². The number of halogens is 3. The molecule has 0 spiro atoms. The molecule has 35 heavy (non-hydrogen) atoms. The van der Waals surface area contributed by atoms with Crippen molar-refractivity contribution < 1.29 is 22.7 Å². The molecule has 2 aromatic heterocycles. The third-order valence-electron chi connectivity index (χ3n) is 5.70. The number of nitrogens with zero attached hydrogens (tertiary/aromatic N) is 3. The van der Waals surface area contributed by atoms with Crippen molar-refractivity contribution in [2.24, 2.45) is 0 Å². The highest BCUT2D eigenvalue weighted by Gasteiger charge is 2.32. The number of hydrogen-bond donors (Lipinski definition) is 3. The minimum atomic E-state index is -4.52. The first-order valence-corrected chi connectivity index (χ1v) is 10.9. The van der Waals surface area contributed by atoms with Gasteiger partial charge in [0.2, 0.25) is 0 Å². The highest BCUT2D eigenvalue weighted by molar-refractivity contribution is 5.94. The molecule has 2 heterocycles. The van der Waals surface area contributed by atoms with E-state index in [9.17, 15) is 18.0 Å². The largest absolute Gasteiger partial charge is 0.484 e. The fourth-order valence-corrected chi connectivity index (χ4v) is 3.45. The van der Waals surface area contributed by atoms with Crippen molar-refractivity contribution >= 4 is 17.5 Å². The van der Waals surface area contributed by atoms with Crippen molar-refractivity contribution in [3.63, 3.8) is 0 Å². The molecule has 0 aliphatic rings. The van der Waals surface area contributed by atoms with Gasteiger partial charge in [-0.2, -0.15) is 13.2 Å². The van der Waals surface area contributed by atoms with E-state index in [1.54, 1.807) is 36.5 Å². The quantitative estimate of drug-likeness (QED) is 0.413. The Morgan fingerprint density at radius 3 is 2.51 bits per heavy atom. The molecule has 11 heteroatoms. The summed E-state index contributed by atoms with van der Waals surface area (Å²) in [5.74, 6) is 0.512. The van der Waals surface area contributed by atoms with Gasteiger partial charge in [-0.25, -0.2) is 15.0 Å². The first-order chi connectivity index (χ1) is 16.5. The molecule has 0 aliphatic heterocycles. The van der Waals surface area contributed by atoms with Crippen molar-refractivity contribution in [3.8, 4) is 17.0 Å². The number of nitrogens with two attached hydrogens (primary N) is 1. The number of nitrogens with one attached hydrogen (secondary N) is 2. The van der Waals surface area contributed by atoms with Crippen molar-refractivity contribution in [3.05, 3.63) is 60.0 Å². The van der Waals surface area contributed by atoms with Crippen LogP contribution >= 0.6 is 0 Å². The highest BCUT2D eigenvalue weighted by atomic mass is 19.4. The number of alkyl halides is 3. The SMILES string of the molecule is CC[C@](C)(CNc1cc(-c2ccc(N)nc2)ncn1)c1ccc(C(=O)NC)cc1OCC(F)(F)F. The molecule has 0 bridgehead atoms. The number of benzene rings is 1. The molecule has 0 saturated heterocycles. The van der Waals surface area contributed by atoms with Crippen LogP contribution in [-0.2, 0) is 5.41 Å². The van der Waals surface area contributed by atoms with E-state index in [2.05, 4.69) is 25.6 Å². The number of rotatable bonds is 9. The molecule has 3 rings (SSSR count). The van der Waals surface area contributed by atoms with Crippen molar-refractivity contribution in [2.75, 3.05) is 31.2 Å². The highest BCUT2D eigenvalue weighted by Crippen LogP contribution is 2.36. The van der Waals surface area contributed by atoms with Gasteiger partial charge in [-0.05, 0) is 30.7 Å². The van der Waals surface area contributed by atoms with Crippen LogP contribution in [0.2, 0.25) is 0 Å². The molecule has 186 valence electrons. The summed E-state index contributed by atoms with van der Waals surface area (Å²) in [5, 5.41) is 5.72. The van der Waals surface area contributed by atoms with Gasteiger partial charge in [0.05, 0.1) is 5.69 Å². The standard InChI is InChI=1S/C24H27F3N6O2/c1-4-23(2,12-31-21-10-18(32-14-33-21)16-6-8-20(28)30-11-16)17-7-5-15(22(34)29-3)9-19(17)35-13-24(25,26)27/h5-11,14H,4,12-13H2,1-3H3,(H2,28,30)(H,29,34)(H,31,32,33)/t23-/m1/s1. The van der Waals surface area contributed by atoms with Crippen LogP contribution in [0, 0.1) is 0 Å². The second-order valence-corrected chi connectivity index (χ2v) is 8.22. The van der Waals surface area contributed by atoms with Crippen LogP contribution in [0.25, 0.3) is 11.3 Å². The normalized spacial score (nSPS) is 13.1. The van der Waals surface area contributed by atoms with Crippen LogP contribution in [0.15, 0.2) is 48.9 Å². The molecule has 0 radical (unpaired) electrons. The van der Waals surface area contributed by atoms with Gasteiger partial charge in [-0.15, -0.1) is 0 Å². The second kappa shape index (κ2) is 10.6. The van der Waals surface area contributed by atoms with Crippen LogP contribution in [0.5, 0.6) is 5.75 Å². The van der Waals surface area contributed by atoms with E-state index in [-0.39, 0.29) is 11.3 Å². The molecule has 1 amide bonds. The molecule has 0 saturated carbocycles. The lowest BCUT2D eigenvalue weighted by Crippen LogP contribution is -2.32. The summed E-state index contributed by atoms with van der Waals surface area (Å²) in [7, 11) is 1.45. The molecule has 0 unspecified atom stereocenters. The third-order valence-corrected chi connectivity index (χ3v) is 5.70. The van der Waals surface area contributed by atoms with E-state index in [1.807, 2.05) is 13.8 Å². The molecule has 1 aromatic carbocycles. The molecular formula is C24H27F3N6O2. The lowest BCUT2D eigenvalue weighted by atomic mass is 9.79. The number of hydrogen-bond acceptors (Lipinski definition) is 7. The molecule has 0 fully saturated rings. The number of nitrogen functional groups attached to an aromatic ring is 1. The zero-order chi connectivity index (χ0) is 25.6. The minimum Gasteiger partial charge on any atom is -0.484 e. The topological polar surface area (TPSA) is 115 Å². The maximum Gasteiger partial charge on any atom is 0.422 e. The maximum absolute atomic E-state index is 12.9. The maximum atomic E-state index is 12.9. The Labute approximate surface area is 201 Å². The monoisotopic (exact) mass is 488 g/mol. The summed E-state index contributed by atoms with van der Waals surface area (Å²) < 4.78 is 43.9. The van der Waals surface area contributed by atoms with Crippen LogP contribution in [0.1, 0.15) is 36.2 Å². The zero-order valence-corrected chi connectivity index (χ0v) is 19.6. The first-order valence-electron chi connectivity index (χ1n) is 10.9. The van der Waals surface area contributed by atoms with E-state index in [0.29, 0.717) is 35.9 Å². The molecular weight excluding hydrogens is 461 g/mol. The number of carbonyl (C=O) groups is 1. The molecule has 1 atom stereocenters. The van der Waals surface area contributed by atoms with Crippen molar-refractivity contribution in [1.29, 1.82) is 0 Å². The van der Waals surface area contributed by atoms with Gasteiger partial charge in [0.1, 0.15) is 23.7 Å². The Balaban J connectivity index is 1.88. The smallest absolute Gasteiger partial charge is 0.422 e. The van der Waals surface area contributed by atoms with Gasteiger partial charge in [0.25, 0.3) is 5.91 Å². The summed E-state index contributed by atoms with van der Waals surface area (Å²) in [6.45, 7) is 2.70. The van der Waals surface area contributed by atoms with E-state index < -0.39 is 24.1 Å². The minimum absolute atomic E-state index is 0.00546. The van der Waals surface area contributed by atoms with Gasteiger partial charge >= 0.3 is 6.18 Å². The molecule has 3 aromatic rings.